The highest BCUT2D eigenvalue weighted by Gasteiger charge is 2.20. The number of hydrogen-bond donors (Lipinski definition) is 3. The van der Waals surface area contributed by atoms with Gasteiger partial charge in [0.2, 0.25) is 0 Å². The van der Waals surface area contributed by atoms with Crippen LogP contribution < -0.4 is 17.2 Å². The van der Waals surface area contributed by atoms with Crippen LogP contribution in [0.4, 0.5) is 0 Å². The van der Waals surface area contributed by atoms with Crippen LogP contribution in [0.1, 0.15) is 51.9 Å². The monoisotopic (exact) mass is 245 g/mol. The van der Waals surface area contributed by atoms with Crippen molar-refractivity contribution in [2.75, 3.05) is 13.2 Å². The molecule has 17 heavy (non-hydrogen) atoms. The summed E-state index contributed by atoms with van der Waals surface area (Å²) in [6.45, 7) is 2.10. The Labute approximate surface area is 104 Å². The maximum Gasteiger partial charge on any atom is 0.319 e. The van der Waals surface area contributed by atoms with E-state index in [-0.39, 0.29) is 13.2 Å². The van der Waals surface area contributed by atoms with Gasteiger partial charge in [0.25, 0.3) is 0 Å². The number of nitrogens with two attached hydrogens (primary N) is 3. The van der Waals surface area contributed by atoms with Gasteiger partial charge >= 0.3 is 5.97 Å². The van der Waals surface area contributed by atoms with Crippen molar-refractivity contribution in [2.24, 2.45) is 17.2 Å². The van der Waals surface area contributed by atoms with E-state index < -0.39 is 11.6 Å². The van der Waals surface area contributed by atoms with E-state index in [1.54, 1.807) is 0 Å². The number of carbonyl (C=O) groups excluding carboxylic acids is 1. The molecule has 0 saturated heterocycles. The summed E-state index contributed by atoms with van der Waals surface area (Å²) in [7, 11) is 0. The Bertz CT molecular complexity index is 208. The summed E-state index contributed by atoms with van der Waals surface area (Å²) in [6.07, 6.45) is 7.76. The normalized spacial score (nSPS) is 11.5. The molecule has 0 saturated carbocycles. The molecule has 0 atom stereocenters. The molecule has 0 fully saturated rings. The first kappa shape index (κ1) is 16.4. The summed E-state index contributed by atoms with van der Waals surface area (Å²) in [6, 6.07) is 0. The second-order valence-corrected chi connectivity index (χ2v) is 4.62. The Hall–Kier alpha value is -0.650. The molecular formula is C12H27N3O2. The lowest BCUT2D eigenvalue weighted by molar-refractivity contribution is -0.143. The van der Waals surface area contributed by atoms with Gasteiger partial charge in [-0.2, -0.15) is 0 Å². The summed E-state index contributed by atoms with van der Waals surface area (Å²) in [5, 5.41) is 0. The number of hydrogen-bond acceptors (Lipinski definition) is 5. The highest BCUT2D eigenvalue weighted by molar-refractivity contribution is 5.71. The van der Waals surface area contributed by atoms with Crippen molar-refractivity contribution in [1.82, 2.24) is 0 Å². The first-order chi connectivity index (χ1) is 8.02. The smallest absolute Gasteiger partial charge is 0.319 e. The van der Waals surface area contributed by atoms with E-state index in [0.717, 1.165) is 12.8 Å². The number of unbranched alkanes of at least 4 members (excludes halogenated alkanes) is 5. The molecule has 0 bridgehead atoms. The van der Waals surface area contributed by atoms with Gasteiger partial charge in [-0.05, 0) is 6.42 Å². The first-order valence-corrected chi connectivity index (χ1v) is 6.45. The maximum absolute atomic E-state index is 10.8. The van der Waals surface area contributed by atoms with Crippen LogP contribution in [0.3, 0.4) is 0 Å². The van der Waals surface area contributed by atoms with Gasteiger partial charge in [0.05, 0.1) is 12.2 Å². The van der Waals surface area contributed by atoms with Crippen molar-refractivity contribution in [2.45, 2.75) is 57.5 Å². The minimum absolute atomic E-state index is 0.0397. The third-order valence-corrected chi connectivity index (χ3v) is 2.66. The van der Waals surface area contributed by atoms with Crippen LogP contribution in [0.25, 0.3) is 0 Å². The SMILES string of the molecule is CCCCCCCCC(N)(N)COC(=O)CN. The predicted octanol–water partition coefficient (Wildman–Crippen LogP) is 0.853. The molecule has 5 heteroatoms. The molecule has 0 aliphatic carbocycles. The van der Waals surface area contributed by atoms with E-state index >= 15 is 0 Å². The largest absolute Gasteiger partial charge is 0.461 e. The van der Waals surface area contributed by atoms with Crippen molar-refractivity contribution in [3.63, 3.8) is 0 Å². The zero-order valence-electron chi connectivity index (χ0n) is 10.9. The highest BCUT2D eigenvalue weighted by Crippen LogP contribution is 2.11. The van der Waals surface area contributed by atoms with Crippen molar-refractivity contribution in [3.05, 3.63) is 0 Å². The molecular weight excluding hydrogens is 218 g/mol. The highest BCUT2D eigenvalue weighted by atomic mass is 16.5. The fourth-order valence-electron chi connectivity index (χ4n) is 1.58. The lowest BCUT2D eigenvalue weighted by Crippen LogP contribution is -2.53. The first-order valence-electron chi connectivity index (χ1n) is 6.45. The fraction of sp³-hybridized carbons (Fsp3) is 0.917. The minimum Gasteiger partial charge on any atom is -0.461 e. The number of carbonyl (C=O) groups is 1. The average Bonchev–Trinajstić information content (AvgIpc) is 2.30. The number of rotatable bonds is 10. The van der Waals surface area contributed by atoms with Gasteiger partial charge in [-0.3, -0.25) is 4.79 Å². The molecule has 5 nitrogen and oxygen atoms in total. The van der Waals surface area contributed by atoms with Crippen molar-refractivity contribution < 1.29 is 9.53 Å². The van der Waals surface area contributed by atoms with Gasteiger partial charge in [0.15, 0.2) is 0 Å². The van der Waals surface area contributed by atoms with E-state index in [9.17, 15) is 4.79 Å². The van der Waals surface area contributed by atoms with Gasteiger partial charge in [-0.25, -0.2) is 0 Å². The quantitative estimate of drug-likeness (QED) is 0.301. The van der Waals surface area contributed by atoms with Crippen LogP contribution in [-0.4, -0.2) is 24.8 Å². The molecule has 6 N–H and O–H groups in total. The molecule has 0 aliphatic heterocycles. The predicted molar refractivity (Wildman–Crippen MR) is 69.1 cm³/mol. The Kier molecular flexibility index (Phi) is 9.03. The van der Waals surface area contributed by atoms with E-state index in [0.29, 0.717) is 6.42 Å². The molecule has 0 aliphatic rings. The third-order valence-electron chi connectivity index (χ3n) is 2.66. The summed E-state index contributed by atoms with van der Waals surface area (Å²) in [4.78, 5) is 10.8. The topological polar surface area (TPSA) is 104 Å². The van der Waals surface area contributed by atoms with Gasteiger partial charge in [-0.1, -0.05) is 45.4 Å². The molecule has 0 unspecified atom stereocenters. The molecule has 0 aromatic rings. The minimum atomic E-state index is -0.921. The third kappa shape index (κ3) is 10.2. The number of esters is 1. The maximum atomic E-state index is 10.8. The summed E-state index contributed by atoms with van der Waals surface area (Å²) in [5.41, 5.74) is 15.8. The molecule has 0 radical (unpaired) electrons. The summed E-state index contributed by atoms with van der Waals surface area (Å²) in [5.74, 6) is -0.465. The molecule has 102 valence electrons. The van der Waals surface area contributed by atoms with Crippen molar-refractivity contribution >= 4 is 5.97 Å². The standard InChI is InChI=1S/C12H27N3O2/c1-2-3-4-5-6-7-8-12(14,15)10-17-11(16)9-13/h2-10,13-15H2,1H3. The lowest BCUT2D eigenvalue weighted by atomic mass is 10.0. The van der Waals surface area contributed by atoms with Crippen molar-refractivity contribution in [3.8, 4) is 0 Å². The van der Waals surface area contributed by atoms with E-state index in [1.807, 2.05) is 0 Å². The van der Waals surface area contributed by atoms with Crippen molar-refractivity contribution in [1.29, 1.82) is 0 Å². The van der Waals surface area contributed by atoms with Gasteiger partial charge < -0.3 is 21.9 Å². The van der Waals surface area contributed by atoms with Crippen LogP contribution in [-0.2, 0) is 9.53 Å². The lowest BCUT2D eigenvalue weighted by Gasteiger charge is -2.23. The van der Waals surface area contributed by atoms with E-state index in [4.69, 9.17) is 21.9 Å². The Morgan fingerprint density at radius 3 is 2.29 bits per heavy atom. The summed E-state index contributed by atoms with van der Waals surface area (Å²) >= 11 is 0. The molecule has 0 amide bonds. The molecule has 0 aromatic carbocycles. The van der Waals surface area contributed by atoms with Gasteiger partial charge in [0.1, 0.15) is 6.61 Å². The molecule has 0 rings (SSSR count). The van der Waals surface area contributed by atoms with Crippen LogP contribution in [0, 0.1) is 0 Å². The zero-order valence-corrected chi connectivity index (χ0v) is 10.9. The van der Waals surface area contributed by atoms with Gasteiger partial charge in [0, 0.05) is 0 Å². The Balaban J connectivity index is 3.53. The average molecular weight is 245 g/mol. The zero-order chi connectivity index (χ0) is 13.1. The Morgan fingerprint density at radius 1 is 1.12 bits per heavy atom. The van der Waals surface area contributed by atoms with Crippen LogP contribution in [0.5, 0.6) is 0 Å². The fourth-order valence-corrected chi connectivity index (χ4v) is 1.58. The van der Waals surface area contributed by atoms with Crippen LogP contribution in [0.2, 0.25) is 0 Å². The molecule has 0 heterocycles. The second-order valence-electron chi connectivity index (χ2n) is 4.62. The Morgan fingerprint density at radius 2 is 1.71 bits per heavy atom. The summed E-state index contributed by atoms with van der Waals surface area (Å²) < 4.78 is 4.84. The molecule has 0 spiro atoms. The van der Waals surface area contributed by atoms with E-state index in [1.165, 1.54) is 25.7 Å². The van der Waals surface area contributed by atoms with Crippen LogP contribution in [0.15, 0.2) is 0 Å². The van der Waals surface area contributed by atoms with Gasteiger partial charge in [-0.15, -0.1) is 0 Å². The number of ether oxygens (including phenoxy) is 1. The van der Waals surface area contributed by atoms with Crippen LogP contribution >= 0.6 is 0 Å². The second kappa shape index (κ2) is 9.39. The van der Waals surface area contributed by atoms with E-state index in [2.05, 4.69) is 6.92 Å². The molecule has 0 aromatic heterocycles.